The number of rotatable bonds is 22. The SMILES string of the molecule is CC(=O)NCCNCCNCCNCCNCCNC(=O)c1cn(CC2O[C@@H](O[C@@H]3OC(Cn4cc(C)nn4)[C@H](O)[C@H](O)C3O)C(O)C(O)[C@H]2O)nn1. The molecule has 0 saturated carbocycles. The number of aromatic nitrogens is 6. The minimum Gasteiger partial charge on any atom is -0.388 e. The van der Waals surface area contributed by atoms with E-state index in [-0.39, 0.29) is 24.7 Å². The van der Waals surface area contributed by atoms with Gasteiger partial charge in [0.2, 0.25) is 5.91 Å². The number of carbonyl (C=O) groups is 2. The summed E-state index contributed by atoms with van der Waals surface area (Å²) in [7, 11) is 0. The third kappa shape index (κ3) is 13.2. The van der Waals surface area contributed by atoms with Gasteiger partial charge in [-0.05, 0) is 6.92 Å². The number of carbonyl (C=O) groups excluding carboxylic acids is 2. The van der Waals surface area contributed by atoms with Crippen LogP contribution in [0.3, 0.4) is 0 Å². The fourth-order valence-electron chi connectivity index (χ4n) is 5.55. The molecule has 12 N–H and O–H groups in total. The number of nitrogens with one attached hydrogen (secondary N) is 6. The summed E-state index contributed by atoms with van der Waals surface area (Å²) in [4.78, 5) is 23.4. The predicted molar refractivity (Wildman–Crippen MR) is 182 cm³/mol. The number of aliphatic hydroxyl groups excluding tert-OH is 6. The molecule has 0 aromatic carbocycles. The molecule has 23 nitrogen and oxygen atoms in total. The van der Waals surface area contributed by atoms with E-state index in [1.165, 1.54) is 22.5 Å². The number of aliphatic hydroxyl groups is 6. The van der Waals surface area contributed by atoms with Crippen molar-refractivity contribution < 1.29 is 54.4 Å². The molecule has 10 atom stereocenters. The molecule has 2 fully saturated rings. The van der Waals surface area contributed by atoms with Crippen LogP contribution in [0.4, 0.5) is 0 Å². The standard InChI is InChI=1S/C30H54N12O11/c1-17-13-41(39-37-17)15-20-22(44)24(46)26(48)29(51-20)53-30-27(49)25(47)23(45)21(52-30)16-42-14-19(38-40-42)28(50)36-12-10-34-8-6-32-4-3-31-5-7-33-9-11-35-18(2)43/h13-14,20-27,29-34,44-49H,3-12,15-16H2,1-2H3,(H,35,43)(H,36,50)/t20?,21?,22-,23-,24-,25?,26?,27?,29-,30-/m0/s1. The smallest absolute Gasteiger partial charge is 0.273 e. The predicted octanol–water partition coefficient (Wildman–Crippen LogP) is -7.27. The van der Waals surface area contributed by atoms with E-state index in [4.69, 9.17) is 14.2 Å². The molecule has 4 heterocycles. The molecule has 23 heteroatoms. The lowest BCUT2D eigenvalue weighted by molar-refractivity contribution is -0.375. The van der Waals surface area contributed by atoms with Crippen LogP contribution in [0.15, 0.2) is 12.4 Å². The van der Waals surface area contributed by atoms with Gasteiger partial charge in [0.1, 0.15) is 48.8 Å². The quantitative estimate of drug-likeness (QED) is 0.0496. The Balaban J connectivity index is 1.13. The van der Waals surface area contributed by atoms with Crippen molar-refractivity contribution in [3.8, 4) is 0 Å². The van der Waals surface area contributed by atoms with E-state index in [2.05, 4.69) is 52.5 Å². The summed E-state index contributed by atoms with van der Waals surface area (Å²) in [6.45, 7) is 9.81. The van der Waals surface area contributed by atoms with E-state index in [1.54, 1.807) is 13.1 Å². The van der Waals surface area contributed by atoms with Gasteiger partial charge in [-0.15, -0.1) is 10.2 Å². The Morgan fingerprint density at radius 2 is 1.08 bits per heavy atom. The average Bonchev–Trinajstić information content (AvgIpc) is 3.78. The van der Waals surface area contributed by atoms with Crippen LogP contribution in [0.2, 0.25) is 0 Å². The summed E-state index contributed by atoms with van der Waals surface area (Å²) in [6, 6.07) is 0. The van der Waals surface area contributed by atoms with Crippen molar-refractivity contribution in [1.82, 2.24) is 61.9 Å². The van der Waals surface area contributed by atoms with Crippen molar-refractivity contribution in [2.45, 2.75) is 88.3 Å². The second-order valence-electron chi connectivity index (χ2n) is 12.8. The molecule has 0 radical (unpaired) electrons. The molecule has 0 bridgehead atoms. The molecular formula is C30H54N12O11. The number of hydrogen-bond acceptors (Lipinski definition) is 19. The summed E-state index contributed by atoms with van der Waals surface area (Å²) in [6.07, 6.45) is -12.8. The molecule has 2 aromatic heterocycles. The van der Waals surface area contributed by atoms with Crippen molar-refractivity contribution >= 4 is 11.8 Å². The van der Waals surface area contributed by atoms with Crippen LogP contribution in [0.25, 0.3) is 0 Å². The van der Waals surface area contributed by atoms with Gasteiger partial charge in [-0.2, -0.15) is 0 Å². The third-order valence-corrected chi connectivity index (χ3v) is 8.46. The molecule has 2 saturated heterocycles. The first-order chi connectivity index (χ1) is 25.4. The summed E-state index contributed by atoms with van der Waals surface area (Å²) < 4.78 is 19.6. The Bertz CT molecular complexity index is 1390. The first kappa shape index (κ1) is 42.4. The van der Waals surface area contributed by atoms with E-state index < -0.39 is 67.3 Å². The van der Waals surface area contributed by atoms with Gasteiger partial charge in [0.25, 0.3) is 5.91 Å². The zero-order chi connectivity index (χ0) is 38.3. The summed E-state index contributed by atoms with van der Waals surface area (Å²) in [5.74, 6) is -0.516. The number of aryl methyl sites for hydroxylation is 1. The largest absolute Gasteiger partial charge is 0.388 e. The molecule has 0 spiro atoms. The van der Waals surface area contributed by atoms with Crippen LogP contribution in [0, 0.1) is 6.92 Å². The topological polar surface area (TPSA) is 317 Å². The number of ether oxygens (including phenoxy) is 3. The molecule has 300 valence electrons. The van der Waals surface area contributed by atoms with Crippen molar-refractivity contribution in [3.05, 3.63) is 23.8 Å². The Morgan fingerprint density at radius 1 is 0.642 bits per heavy atom. The van der Waals surface area contributed by atoms with Gasteiger partial charge in [0, 0.05) is 78.6 Å². The number of nitrogens with zero attached hydrogens (tertiary/aromatic N) is 6. The second kappa shape index (κ2) is 21.6. The number of amides is 2. The highest BCUT2D eigenvalue weighted by Crippen LogP contribution is 2.29. The first-order valence-electron chi connectivity index (χ1n) is 17.6. The van der Waals surface area contributed by atoms with E-state index >= 15 is 0 Å². The third-order valence-electron chi connectivity index (χ3n) is 8.46. The molecule has 53 heavy (non-hydrogen) atoms. The van der Waals surface area contributed by atoms with E-state index in [0.717, 1.165) is 39.3 Å². The van der Waals surface area contributed by atoms with Crippen LogP contribution in [-0.4, -0.2) is 199 Å². The van der Waals surface area contributed by atoms with Gasteiger partial charge in [0.15, 0.2) is 18.3 Å². The fourth-order valence-corrected chi connectivity index (χ4v) is 5.55. The maximum atomic E-state index is 12.6. The van der Waals surface area contributed by atoms with Gasteiger partial charge < -0.3 is 76.8 Å². The minimum absolute atomic E-state index is 0.000618. The summed E-state index contributed by atoms with van der Waals surface area (Å²) in [5, 5.41) is 97.3. The maximum absolute atomic E-state index is 12.6. The molecular weight excluding hydrogens is 704 g/mol. The highest BCUT2D eigenvalue weighted by atomic mass is 16.8. The zero-order valence-corrected chi connectivity index (χ0v) is 29.8. The lowest BCUT2D eigenvalue weighted by Crippen LogP contribution is -2.63. The van der Waals surface area contributed by atoms with Crippen LogP contribution in [0.1, 0.15) is 23.1 Å². The van der Waals surface area contributed by atoms with Crippen molar-refractivity contribution in [3.63, 3.8) is 0 Å². The second-order valence-corrected chi connectivity index (χ2v) is 12.8. The van der Waals surface area contributed by atoms with Crippen LogP contribution >= 0.6 is 0 Å². The zero-order valence-electron chi connectivity index (χ0n) is 29.8. The van der Waals surface area contributed by atoms with Gasteiger partial charge in [-0.1, -0.05) is 10.4 Å². The lowest BCUT2D eigenvalue weighted by Gasteiger charge is -2.45. The normalized spacial score (nSPS) is 28.9. The molecule has 4 rings (SSSR count). The van der Waals surface area contributed by atoms with E-state index in [9.17, 15) is 40.2 Å². The Kier molecular flexibility index (Phi) is 17.3. The average molecular weight is 759 g/mol. The van der Waals surface area contributed by atoms with Crippen molar-refractivity contribution in [2.24, 2.45) is 0 Å². The van der Waals surface area contributed by atoms with E-state index in [0.29, 0.717) is 31.9 Å². The number of hydrogen-bond donors (Lipinski definition) is 12. The van der Waals surface area contributed by atoms with Crippen LogP contribution in [-0.2, 0) is 32.1 Å². The highest BCUT2D eigenvalue weighted by Gasteiger charge is 2.50. The fraction of sp³-hybridized carbons (Fsp3) is 0.800. The van der Waals surface area contributed by atoms with Crippen molar-refractivity contribution in [2.75, 3.05) is 65.4 Å². The maximum Gasteiger partial charge on any atom is 0.273 e. The van der Waals surface area contributed by atoms with Crippen LogP contribution < -0.4 is 31.9 Å². The molecule has 0 aliphatic carbocycles. The van der Waals surface area contributed by atoms with Gasteiger partial charge in [-0.25, -0.2) is 9.36 Å². The van der Waals surface area contributed by atoms with Gasteiger partial charge in [-0.3, -0.25) is 9.59 Å². The molecule has 5 unspecified atom stereocenters. The van der Waals surface area contributed by atoms with Crippen LogP contribution in [0.5, 0.6) is 0 Å². The summed E-state index contributed by atoms with van der Waals surface area (Å²) >= 11 is 0. The monoisotopic (exact) mass is 758 g/mol. The van der Waals surface area contributed by atoms with E-state index in [1.807, 2.05) is 0 Å². The Labute approximate surface area is 305 Å². The Morgan fingerprint density at radius 3 is 1.53 bits per heavy atom. The van der Waals surface area contributed by atoms with Gasteiger partial charge in [0.05, 0.1) is 25.0 Å². The molecule has 2 amide bonds. The molecule has 2 aliphatic heterocycles. The minimum atomic E-state index is -1.79. The lowest BCUT2D eigenvalue weighted by atomic mass is 9.97. The highest BCUT2D eigenvalue weighted by molar-refractivity contribution is 5.91. The molecule has 2 aliphatic rings. The first-order valence-corrected chi connectivity index (χ1v) is 17.6. The van der Waals surface area contributed by atoms with Crippen molar-refractivity contribution in [1.29, 1.82) is 0 Å². The Hall–Kier alpha value is -3.30. The molecule has 2 aromatic rings. The summed E-state index contributed by atoms with van der Waals surface area (Å²) in [5.41, 5.74) is 0.605. The van der Waals surface area contributed by atoms with Gasteiger partial charge >= 0.3 is 0 Å².